The van der Waals surface area contributed by atoms with Crippen LogP contribution in [0.5, 0.6) is 5.75 Å². The third-order valence-corrected chi connectivity index (χ3v) is 2.67. The van der Waals surface area contributed by atoms with E-state index in [9.17, 15) is 5.11 Å². The first kappa shape index (κ1) is 10.7. The van der Waals surface area contributed by atoms with Crippen LogP contribution in [0, 0.1) is 0 Å². The minimum absolute atomic E-state index is 0.0360. The van der Waals surface area contributed by atoms with E-state index in [1.54, 1.807) is 12.1 Å². The largest absolute Gasteiger partial charge is 0.506 e. The Hall–Kier alpha value is -0.400. The van der Waals surface area contributed by atoms with Crippen molar-refractivity contribution < 1.29 is 5.11 Å². The fraction of sp³-hybridized carbons (Fsp3) is 0.400. The molecule has 0 unspecified atom stereocenters. The number of phenolic OH excluding ortho intramolecular Hbond substituents is 1. The SMILES string of the molecule is CC(C)(C)c1cc(O)c(Cl)c(Cl)c1. The first-order valence-corrected chi connectivity index (χ1v) is 4.76. The molecule has 0 saturated heterocycles. The molecule has 0 aliphatic rings. The van der Waals surface area contributed by atoms with Crippen molar-refractivity contribution in [3.63, 3.8) is 0 Å². The molecule has 13 heavy (non-hydrogen) atoms. The molecule has 0 spiro atoms. The molecule has 1 nitrogen and oxygen atoms in total. The van der Waals surface area contributed by atoms with Gasteiger partial charge in [0.25, 0.3) is 0 Å². The van der Waals surface area contributed by atoms with Crippen molar-refractivity contribution in [2.24, 2.45) is 0 Å². The molecule has 3 heteroatoms. The molecule has 0 atom stereocenters. The minimum atomic E-state index is -0.0360. The van der Waals surface area contributed by atoms with Gasteiger partial charge in [-0.2, -0.15) is 0 Å². The van der Waals surface area contributed by atoms with E-state index >= 15 is 0 Å². The van der Waals surface area contributed by atoms with E-state index in [0.717, 1.165) is 5.56 Å². The number of halogens is 2. The van der Waals surface area contributed by atoms with Crippen molar-refractivity contribution in [2.45, 2.75) is 26.2 Å². The quantitative estimate of drug-likeness (QED) is 0.699. The molecule has 0 aromatic heterocycles. The van der Waals surface area contributed by atoms with Crippen LogP contribution in [-0.4, -0.2) is 5.11 Å². The van der Waals surface area contributed by atoms with Crippen LogP contribution >= 0.6 is 23.2 Å². The van der Waals surface area contributed by atoms with Crippen molar-refractivity contribution in [2.75, 3.05) is 0 Å². The van der Waals surface area contributed by atoms with Gasteiger partial charge in [0.05, 0.1) is 5.02 Å². The van der Waals surface area contributed by atoms with Crippen LogP contribution in [0.2, 0.25) is 10.0 Å². The Bertz CT molecular complexity index is 303. The summed E-state index contributed by atoms with van der Waals surface area (Å²) in [6.45, 7) is 6.14. The highest BCUT2D eigenvalue weighted by molar-refractivity contribution is 6.42. The topological polar surface area (TPSA) is 20.2 Å². The van der Waals surface area contributed by atoms with Gasteiger partial charge in [0.2, 0.25) is 0 Å². The average molecular weight is 219 g/mol. The summed E-state index contributed by atoms with van der Waals surface area (Å²) in [6.07, 6.45) is 0. The molecule has 0 amide bonds. The predicted octanol–water partition coefficient (Wildman–Crippen LogP) is 4.00. The van der Waals surface area contributed by atoms with E-state index in [2.05, 4.69) is 0 Å². The van der Waals surface area contributed by atoms with E-state index in [1.165, 1.54) is 0 Å². The first-order valence-electron chi connectivity index (χ1n) is 4.01. The predicted molar refractivity (Wildman–Crippen MR) is 56.8 cm³/mol. The zero-order chi connectivity index (χ0) is 10.2. The molecule has 0 radical (unpaired) electrons. The highest BCUT2D eigenvalue weighted by Gasteiger charge is 2.17. The number of hydrogen-bond donors (Lipinski definition) is 1. The van der Waals surface area contributed by atoms with Crippen LogP contribution in [0.1, 0.15) is 26.3 Å². The molecule has 0 saturated carbocycles. The Morgan fingerprint density at radius 3 is 2.08 bits per heavy atom. The van der Waals surface area contributed by atoms with Gasteiger partial charge >= 0.3 is 0 Å². The van der Waals surface area contributed by atoms with Gasteiger partial charge in [-0.3, -0.25) is 0 Å². The molecule has 1 N–H and O–H groups in total. The monoisotopic (exact) mass is 218 g/mol. The summed E-state index contributed by atoms with van der Waals surface area (Å²) in [4.78, 5) is 0. The molecule has 1 rings (SSSR count). The fourth-order valence-electron chi connectivity index (χ4n) is 1.01. The normalized spacial score (nSPS) is 11.8. The van der Waals surface area contributed by atoms with Gasteiger partial charge in [-0.1, -0.05) is 44.0 Å². The van der Waals surface area contributed by atoms with Gasteiger partial charge in [0.1, 0.15) is 10.8 Å². The van der Waals surface area contributed by atoms with Crippen molar-refractivity contribution in [1.29, 1.82) is 0 Å². The van der Waals surface area contributed by atoms with E-state index in [-0.39, 0.29) is 16.2 Å². The zero-order valence-electron chi connectivity index (χ0n) is 7.86. The second-order valence-electron chi connectivity index (χ2n) is 4.04. The first-order chi connectivity index (χ1) is 5.82. The van der Waals surface area contributed by atoms with E-state index in [4.69, 9.17) is 23.2 Å². The Balaban J connectivity index is 3.29. The minimum Gasteiger partial charge on any atom is -0.506 e. The zero-order valence-corrected chi connectivity index (χ0v) is 9.37. The summed E-state index contributed by atoms with van der Waals surface area (Å²) in [5.41, 5.74) is 0.936. The lowest BCUT2D eigenvalue weighted by Gasteiger charge is -2.19. The van der Waals surface area contributed by atoms with Crippen LogP contribution in [-0.2, 0) is 5.41 Å². The van der Waals surface area contributed by atoms with Crippen molar-refractivity contribution in [3.05, 3.63) is 27.7 Å². The molecule has 0 fully saturated rings. The van der Waals surface area contributed by atoms with Gasteiger partial charge in [0.15, 0.2) is 0 Å². The van der Waals surface area contributed by atoms with Crippen molar-refractivity contribution in [3.8, 4) is 5.75 Å². The second kappa shape index (κ2) is 3.39. The Labute approximate surface area is 88.3 Å². The fourth-order valence-corrected chi connectivity index (χ4v) is 1.33. The van der Waals surface area contributed by atoms with Crippen LogP contribution in [0.4, 0.5) is 0 Å². The standard InChI is InChI=1S/C10H12Cl2O/c1-10(2,3)6-4-7(11)9(12)8(13)5-6/h4-5,13H,1-3H3. The third kappa shape index (κ3) is 2.29. The highest BCUT2D eigenvalue weighted by Crippen LogP contribution is 2.36. The van der Waals surface area contributed by atoms with Gasteiger partial charge in [-0.25, -0.2) is 0 Å². The molecule has 0 aliphatic carbocycles. The lowest BCUT2D eigenvalue weighted by atomic mass is 9.87. The summed E-state index contributed by atoms with van der Waals surface area (Å²) >= 11 is 11.6. The lowest BCUT2D eigenvalue weighted by molar-refractivity contribution is 0.471. The Kier molecular flexibility index (Phi) is 2.79. The van der Waals surface area contributed by atoms with Crippen molar-refractivity contribution >= 4 is 23.2 Å². The third-order valence-electron chi connectivity index (χ3n) is 1.88. The molecule has 72 valence electrons. The van der Waals surface area contributed by atoms with Gasteiger partial charge in [-0.05, 0) is 23.1 Å². The number of aromatic hydroxyl groups is 1. The highest BCUT2D eigenvalue weighted by atomic mass is 35.5. The van der Waals surface area contributed by atoms with E-state index in [1.807, 2.05) is 20.8 Å². The van der Waals surface area contributed by atoms with Crippen LogP contribution in [0.3, 0.4) is 0 Å². The van der Waals surface area contributed by atoms with E-state index < -0.39 is 0 Å². The lowest BCUT2D eigenvalue weighted by Crippen LogP contribution is -2.10. The van der Waals surface area contributed by atoms with Gasteiger partial charge < -0.3 is 5.11 Å². The Morgan fingerprint density at radius 2 is 1.69 bits per heavy atom. The van der Waals surface area contributed by atoms with Crippen molar-refractivity contribution in [1.82, 2.24) is 0 Å². The summed E-state index contributed by atoms with van der Waals surface area (Å²) in [7, 11) is 0. The van der Waals surface area contributed by atoms with Crippen LogP contribution in [0.15, 0.2) is 12.1 Å². The van der Waals surface area contributed by atoms with Crippen LogP contribution < -0.4 is 0 Å². The summed E-state index contributed by atoms with van der Waals surface area (Å²) in [5, 5.41) is 10.0. The summed E-state index contributed by atoms with van der Waals surface area (Å²) in [5.74, 6) is 0.0408. The number of benzene rings is 1. The maximum absolute atomic E-state index is 9.43. The smallest absolute Gasteiger partial charge is 0.135 e. The van der Waals surface area contributed by atoms with Crippen LogP contribution in [0.25, 0.3) is 0 Å². The van der Waals surface area contributed by atoms with Gasteiger partial charge in [-0.15, -0.1) is 0 Å². The maximum atomic E-state index is 9.43. The maximum Gasteiger partial charge on any atom is 0.135 e. The number of phenols is 1. The van der Waals surface area contributed by atoms with Gasteiger partial charge in [0, 0.05) is 0 Å². The second-order valence-corrected chi connectivity index (χ2v) is 4.83. The number of hydrogen-bond acceptors (Lipinski definition) is 1. The molecular formula is C10H12Cl2O. The molecule has 0 heterocycles. The number of rotatable bonds is 0. The molecule has 1 aromatic rings. The average Bonchev–Trinajstić information content (AvgIpc) is 1.97. The molecule has 0 aliphatic heterocycles. The molecule has 1 aromatic carbocycles. The molecular weight excluding hydrogens is 207 g/mol. The van der Waals surface area contributed by atoms with E-state index in [0.29, 0.717) is 5.02 Å². The Morgan fingerprint density at radius 1 is 1.15 bits per heavy atom. The summed E-state index contributed by atoms with van der Waals surface area (Å²) in [6, 6.07) is 3.43. The summed E-state index contributed by atoms with van der Waals surface area (Å²) < 4.78 is 0. The molecule has 0 bridgehead atoms.